The van der Waals surface area contributed by atoms with Crippen molar-refractivity contribution < 1.29 is 30.6 Å². The normalized spacial score (nSPS) is 12.3. The number of fused-ring (bicyclic) bond motifs is 4. The summed E-state index contributed by atoms with van der Waals surface area (Å²) in [6.07, 6.45) is 1.90. The Bertz CT molecular complexity index is 4020. The zero-order chi connectivity index (χ0) is 54.3. The van der Waals surface area contributed by atoms with E-state index in [1.165, 1.54) is 16.7 Å². The largest absolute Gasteiger partial charge is 0.507 e. The van der Waals surface area contributed by atoms with E-state index in [9.17, 15) is 5.11 Å². The van der Waals surface area contributed by atoms with E-state index in [0.29, 0.717) is 11.4 Å². The van der Waals surface area contributed by atoms with E-state index in [-0.39, 0.29) is 54.9 Å². The van der Waals surface area contributed by atoms with Crippen LogP contribution in [0.4, 0.5) is 0 Å². The molecule has 11 aromatic rings. The van der Waals surface area contributed by atoms with Gasteiger partial charge in [-0.1, -0.05) is 198 Å². The molecule has 3 aromatic heterocycles. The van der Waals surface area contributed by atoms with Crippen LogP contribution in [0.25, 0.3) is 106 Å². The minimum atomic E-state index is -0.355. The van der Waals surface area contributed by atoms with Crippen LogP contribution in [0, 0.1) is 6.07 Å². The number of furan rings is 1. The third-order valence-electron chi connectivity index (χ3n) is 15.4. The first kappa shape index (κ1) is 54.0. The van der Waals surface area contributed by atoms with E-state index >= 15 is 0 Å². The summed E-state index contributed by atoms with van der Waals surface area (Å²) in [5.41, 5.74) is 20.5. The van der Waals surface area contributed by atoms with Gasteiger partial charge in [-0.15, -0.1) is 29.3 Å². The summed E-state index contributed by atoms with van der Waals surface area (Å²) in [4.78, 5) is 10.8. The number of aromatic hydroxyl groups is 1. The Morgan fingerprint density at radius 3 is 1.59 bits per heavy atom. The summed E-state index contributed by atoms with van der Waals surface area (Å²) in [5.74, 6) is 1.17. The fourth-order valence-corrected chi connectivity index (χ4v) is 11.0. The van der Waals surface area contributed by atoms with Gasteiger partial charge in [0.1, 0.15) is 22.7 Å². The number of phenolic OH excluding ortho intramolecular Hbond substituents is 1. The van der Waals surface area contributed by atoms with Crippen molar-refractivity contribution in [2.75, 3.05) is 0 Å². The molecule has 0 saturated carbocycles. The monoisotopic (exact) mass is 1200 g/mol. The van der Waals surface area contributed by atoms with Crippen molar-refractivity contribution in [2.24, 2.45) is 0 Å². The van der Waals surface area contributed by atoms with Crippen molar-refractivity contribution in [2.45, 2.75) is 118 Å². The van der Waals surface area contributed by atoms with Crippen molar-refractivity contribution >= 4 is 33.0 Å². The number of phenols is 1. The minimum absolute atomic E-state index is 0. The Kier molecular flexibility index (Phi) is 14.2. The summed E-state index contributed by atoms with van der Waals surface area (Å²) < 4.78 is 9.06. The van der Waals surface area contributed by atoms with E-state index in [2.05, 4.69) is 252 Å². The Balaban J connectivity index is 0.00000688. The van der Waals surface area contributed by atoms with Crippen molar-refractivity contribution in [1.29, 1.82) is 0 Å². The molecule has 0 aliphatic rings. The van der Waals surface area contributed by atoms with Gasteiger partial charge in [-0.05, 0) is 133 Å². The number of hydrogen-bond donors (Lipinski definition) is 1. The van der Waals surface area contributed by atoms with Crippen LogP contribution in [0.15, 0.2) is 174 Å². The molecule has 0 aliphatic carbocycles. The molecule has 0 bridgehead atoms. The van der Waals surface area contributed by atoms with Gasteiger partial charge in [0.15, 0.2) is 0 Å². The second-order valence-corrected chi connectivity index (χ2v) is 24.8. The average Bonchev–Trinajstić information content (AvgIpc) is 4.11. The van der Waals surface area contributed by atoms with Gasteiger partial charge < -0.3 is 9.52 Å². The van der Waals surface area contributed by atoms with Crippen LogP contribution in [0.2, 0.25) is 0 Å². The summed E-state index contributed by atoms with van der Waals surface area (Å²) in [5, 5.41) is 15.0. The van der Waals surface area contributed by atoms with Crippen LogP contribution >= 0.6 is 0 Å². The Morgan fingerprint density at radius 1 is 0.500 bits per heavy atom. The van der Waals surface area contributed by atoms with E-state index in [0.717, 1.165) is 106 Å². The number of nitrogens with zero attached hydrogens (tertiary/aromatic N) is 3. The molecule has 396 valence electrons. The smallest absolute Gasteiger partial charge is 0.148 e. The standard InChI is InChI=1S/C72H70N3O2.Pt/c1-43(2)58-36-50(48-28-30-57-56-29-27-47(45-21-16-14-17-22-45)39-64(56)77-65(57)40-48)37-59(44(3)4)67(58)75-63-26-20-25-55(66(63)74-69(75)60-41-54(71(8,9)10)42-61(68(60)76)72(11,12)13)51-33-52(35-53(34-51)70(5,6)7)62-38-49(31-32-73-62)46-23-18-15-19-24-46;/h14-32,34-44,76H,1-13H3;/q-1;. The molecule has 0 aliphatic heterocycles. The van der Waals surface area contributed by atoms with Gasteiger partial charge in [-0.25, -0.2) is 4.98 Å². The van der Waals surface area contributed by atoms with Gasteiger partial charge in [0, 0.05) is 49.3 Å². The van der Waals surface area contributed by atoms with Crippen LogP contribution in [-0.4, -0.2) is 19.6 Å². The molecule has 0 unspecified atom stereocenters. The number of hydrogen-bond acceptors (Lipinski definition) is 4. The van der Waals surface area contributed by atoms with Crippen LogP contribution in [0.5, 0.6) is 5.75 Å². The first-order chi connectivity index (χ1) is 36.6. The molecule has 8 aromatic carbocycles. The molecule has 0 radical (unpaired) electrons. The number of rotatable bonds is 9. The summed E-state index contributed by atoms with van der Waals surface area (Å²) >= 11 is 0. The zero-order valence-electron chi connectivity index (χ0n) is 47.3. The maximum absolute atomic E-state index is 12.8. The number of para-hydroxylation sites is 1. The molecule has 11 rings (SSSR count). The van der Waals surface area contributed by atoms with Gasteiger partial charge >= 0.3 is 0 Å². The molecule has 0 fully saturated rings. The fraction of sp³-hybridized carbons (Fsp3) is 0.250. The van der Waals surface area contributed by atoms with Gasteiger partial charge in [-0.2, -0.15) is 0 Å². The predicted molar refractivity (Wildman–Crippen MR) is 324 cm³/mol. The molecular weight excluding hydrogens is 1130 g/mol. The van der Waals surface area contributed by atoms with Crippen LogP contribution in [-0.2, 0) is 37.3 Å². The van der Waals surface area contributed by atoms with Crippen molar-refractivity contribution in [3.8, 4) is 78.6 Å². The van der Waals surface area contributed by atoms with Gasteiger partial charge in [0.2, 0.25) is 0 Å². The maximum Gasteiger partial charge on any atom is 0.148 e. The van der Waals surface area contributed by atoms with Crippen LogP contribution in [0.1, 0.15) is 130 Å². The molecular formula is C72H70N3O2Pt-. The average molecular weight is 1200 g/mol. The number of benzene rings is 8. The third kappa shape index (κ3) is 10.1. The number of pyridine rings is 1. The second kappa shape index (κ2) is 20.5. The van der Waals surface area contributed by atoms with E-state index < -0.39 is 0 Å². The molecule has 0 amide bonds. The first-order valence-electron chi connectivity index (χ1n) is 27.3. The Hall–Kier alpha value is -7.33. The molecule has 6 heteroatoms. The summed E-state index contributed by atoms with van der Waals surface area (Å²) in [6, 6.07) is 62.4. The predicted octanol–water partition coefficient (Wildman–Crippen LogP) is 20.0. The summed E-state index contributed by atoms with van der Waals surface area (Å²) in [7, 11) is 0. The van der Waals surface area contributed by atoms with Crippen LogP contribution in [0.3, 0.4) is 0 Å². The zero-order valence-corrected chi connectivity index (χ0v) is 49.6. The van der Waals surface area contributed by atoms with Gasteiger partial charge in [-0.3, -0.25) is 9.55 Å². The van der Waals surface area contributed by atoms with Crippen molar-refractivity contribution in [3.05, 3.63) is 204 Å². The molecule has 78 heavy (non-hydrogen) atoms. The van der Waals surface area contributed by atoms with E-state index in [1.54, 1.807) is 0 Å². The summed E-state index contributed by atoms with van der Waals surface area (Å²) in [6.45, 7) is 29.2. The maximum atomic E-state index is 12.8. The molecule has 0 saturated heterocycles. The molecule has 1 N–H and O–H groups in total. The Morgan fingerprint density at radius 2 is 1.04 bits per heavy atom. The first-order valence-corrected chi connectivity index (χ1v) is 27.3. The van der Waals surface area contributed by atoms with Crippen molar-refractivity contribution in [3.63, 3.8) is 0 Å². The van der Waals surface area contributed by atoms with Crippen LogP contribution < -0.4 is 0 Å². The fourth-order valence-electron chi connectivity index (χ4n) is 11.0. The molecule has 0 spiro atoms. The molecule has 3 heterocycles. The van der Waals surface area contributed by atoms with Gasteiger partial charge in [0.25, 0.3) is 0 Å². The quantitative estimate of drug-likeness (QED) is 0.146. The second-order valence-electron chi connectivity index (χ2n) is 24.8. The third-order valence-corrected chi connectivity index (χ3v) is 15.4. The number of aromatic nitrogens is 3. The van der Waals surface area contributed by atoms with Crippen molar-refractivity contribution in [1.82, 2.24) is 14.5 Å². The number of imidazole rings is 1. The van der Waals surface area contributed by atoms with E-state index in [4.69, 9.17) is 14.4 Å². The molecule has 5 nitrogen and oxygen atoms in total. The molecule has 0 atom stereocenters. The van der Waals surface area contributed by atoms with E-state index in [1.807, 2.05) is 18.3 Å². The van der Waals surface area contributed by atoms with Gasteiger partial charge in [0.05, 0.1) is 22.3 Å². The Labute approximate surface area is 475 Å². The topological polar surface area (TPSA) is 64.1 Å². The SMILES string of the molecule is CC(C)c1cc(-c2ccc3c(c2)oc2cc(-c4ccccc4)ccc23)cc(C(C)C)c1-n1c(-c2cc(C(C)(C)C)cc(C(C)(C)C)c2O)nc2c(-c3[c-]c(-c4cc(-c5ccccc5)ccn4)cc(C(C)(C)C)c3)cccc21.[Pt]. The minimum Gasteiger partial charge on any atom is -0.507 e.